The van der Waals surface area contributed by atoms with Gasteiger partial charge in [0.25, 0.3) is 0 Å². The Labute approximate surface area is 115 Å². The normalized spacial score (nSPS) is 12.2. The molecule has 0 atom stereocenters. The van der Waals surface area contributed by atoms with Crippen molar-refractivity contribution in [1.29, 1.82) is 0 Å². The van der Waals surface area contributed by atoms with Crippen LogP contribution in [0.25, 0.3) is 10.3 Å². The van der Waals surface area contributed by atoms with Crippen molar-refractivity contribution < 1.29 is 17.0 Å². The van der Waals surface area contributed by atoms with Crippen LogP contribution in [0, 0.1) is 0 Å². The van der Waals surface area contributed by atoms with Crippen LogP contribution in [-0.2, 0) is 10.3 Å². The van der Waals surface area contributed by atoms with E-state index in [1.54, 1.807) is 0 Å². The van der Waals surface area contributed by atoms with Crippen molar-refractivity contribution >= 4 is 47.9 Å². The summed E-state index contributed by atoms with van der Waals surface area (Å²) in [6.07, 6.45) is 0. The van der Waals surface area contributed by atoms with E-state index in [9.17, 15) is 13.2 Å². The number of nitrogens with zero attached hydrogens (tertiary/aromatic N) is 1. The zero-order chi connectivity index (χ0) is 13.5. The summed E-state index contributed by atoms with van der Waals surface area (Å²) in [6.45, 7) is 0. The fourth-order valence-electron chi connectivity index (χ4n) is 1.13. The van der Waals surface area contributed by atoms with E-state index in [1.807, 2.05) is 0 Å². The van der Waals surface area contributed by atoms with Crippen LogP contribution in [0.4, 0.5) is 0 Å². The minimum atomic E-state index is -3.84. The molecular weight excluding hydrogens is 346 g/mol. The van der Waals surface area contributed by atoms with Gasteiger partial charge in [0.05, 0.1) is 9.17 Å². The number of benzene rings is 1. The van der Waals surface area contributed by atoms with Gasteiger partial charge in [0, 0.05) is 26.2 Å². The van der Waals surface area contributed by atoms with E-state index in [0.717, 1.165) is 15.6 Å². The molecule has 2 aromatic rings. The van der Waals surface area contributed by atoms with Crippen molar-refractivity contribution in [2.75, 3.05) is 14.1 Å². The Morgan fingerprint density at radius 3 is 2.67 bits per heavy atom. The molecule has 1 aromatic carbocycles. The number of halogens is 1. The molecule has 9 heteroatoms. The molecular formula is C9H8BrNO5S2. The Balaban J connectivity index is 2.52. The maximum atomic E-state index is 11.6. The Kier molecular flexibility index (Phi) is 3.49. The molecule has 0 amide bonds. The highest BCUT2D eigenvalue weighted by atomic mass is 79.9. The van der Waals surface area contributed by atoms with Gasteiger partial charge >= 0.3 is 15.2 Å². The van der Waals surface area contributed by atoms with Gasteiger partial charge in [0.1, 0.15) is 0 Å². The van der Waals surface area contributed by atoms with Crippen LogP contribution in [0.3, 0.4) is 0 Å². The molecule has 0 bridgehead atoms. The number of rotatable bonds is 3. The van der Waals surface area contributed by atoms with Crippen LogP contribution in [0.5, 0.6) is 5.75 Å². The van der Waals surface area contributed by atoms with E-state index in [4.69, 9.17) is 8.60 Å². The van der Waals surface area contributed by atoms with Crippen molar-refractivity contribution in [3.05, 3.63) is 26.3 Å². The molecule has 0 aliphatic carbocycles. The third-order valence-corrected chi connectivity index (χ3v) is 4.72. The summed E-state index contributed by atoms with van der Waals surface area (Å²) in [7, 11) is -1.12. The van der Waals surface area contributed by atoms with Crippen LogP contribution in [-0.4, -0.2) is 26.8 Å². The molecule has 0 aliphatic heterocycles. The summed E-state index contributed by atoms with van der Waals surface area (Å²) in [5.41, 5.74) is 0.381. The quantitative estimate of drug-likeness (QED) is 0.840. The topological polar surface area (TPSA) is 76.8 Å². The average Bonchev–Trinajstić information content (AvgIpc) is 2.57. The van der Waals surface area contributed by atoms with E-state index < -0.39 is 15.2 Å². The zero-order valence-corrected chi connectivity index (χ0v) is 12.6. The smallest absolute Gasteiger partial charge is 0.396 e. The molecule has 1 heterocycles. The average molecular weight is 354 g/mol. The minimum Gasteiger partial charge on any atom is -0.414 e. The van der Waals surface area contributed by atoms with Gasteiger partial charge < -0.3 is 8.60 Å². The first-order chi connectivity index (χ1) is 8.29. The number of hydrogen-bond acceptors (Lipinski definition) is 6. The molecule has 0 unspecified atom stereocenters. The van der Waals surface area contributed by atoms with Crippen molar-refractivity contribution in [3.8, 4) is 5.75 Å². The molecule has 0 radical (unpaired) electrons. The predicted molar refractivity (Wildman–Crippen MR) is 71.3 cm³/mol. The lowest BCUT2D eigenvalue weighted by Gasteiger charge is -2.12. The van der Waals surface area contributed by atoms with Gasteiger partial charge in [-0.05, 0) is 15.9 Å². The summed E-state index contributed by atoms with van der Waals surface area (Å²) in [4.78, 5) is 10.6. The van der Waals surface area contributed by atoms with Crippen LogP contribution >= 0.6 is 27.3 Å². The largest absolute Gasteiger partial charge is 0.414 e. The van der Waals surface area contributed by atoms with E-state index in [1.165, 1.54) is 26.2 Å². The molecule has 0 N–H and O–H groups in total. The molecule has 2 rings (SSSR count). The second-order valence-corrected chi connectivity index (χ2v) is 7.09. The molecule has 1 aromatic heterocycles. The van der Waals surface area contributed by atoms with Gasteiger partial charge in [-0.1, -0.05) is 11.3 Å². The zero-order valence-electron chi connectivity index (χ0n) is 9.34. The first-order valence-electron chi connectivity index (χ1n) is 4.65. The van der Waals surface area contributed by atoms with E-state index in [0.29, 0.717) is 14.8 Å². The number of fused-ring (bicyclic) bond motifs is 1. The summed E-state index contributed by atoms with van der Waals surface area (Å²) in [5, 5.41) is 0. The lowest BCUT2D eigenvalue weighted by Crippen LogP contribution is -2.27. The van der Waals surface area contributed by atoms with Gasteiger partial charge in [-0.2, -0.15) is 12.7 Å². The molecule has 0 saturated heterocycles. The van der Waals surface area contributed by atoms with Crippen molar-refractivity contribution in [3.63, 3.8) is 0 Å². The highest BCUT2D eigenvalue weighted by molar-refractivity contribution is 9.10. The van der Waals surface area contributed by atoms with Crippen LogP contribution in [0.15, 0.2) is 25.8 Å². The third kappa shape index (κ3) is 2.58. The van der Waals surface area contributed by atoms with Crippen LogP contribution in [0.2, 0.25) is 0 Å². The van der Waals surface area contributed by atoms with Crippen molar-refractivity contribution in [1.82, 2.24) is 4.31 Å². The lowest BCUT2D eigenvalue weighted by atomic mass is 10.3. The molecule has 0 spiro atoms. The third-order valence-electron chi connectivity index (χ3n) is 2.03. The first-order valence-corrected chi connectivity index (χ1v) is 7.62. The second kappa shape index (κ2) is 4.65. The Morgan fingerprint density at radius 2 is 2.06 bits per heavy atom. The van der Waals surface area contributed by atoms with Gasteiger partial charge in [0.15, 0.2) is 11.3 Å². The fraction of sp³-hybridized carbons (Fsp3) is 0.222. The fourth-order valence-corrected chi connectivity index (χ4v) is 2.83. The maximum absolute atomic E-state index is 11.6. The highest BCUT2D eigenvalue weighted by Crippen LogP contribution is 2.32. The summed E-state index contributed by atoms with van der Waals surface area (Å²) < 4.78 is 34.9. The Hall–Kier alpha value is -0.900. The highest BCUT2D eigenvalue weighted by Gasteiger charge is 2.19. The molecule has 6 nitrogen and oxygen atoms in total. The van der Waals surface area contributed by atoms with E-state index in [-0.39, 0.29) is 5.75 Å². The monoisotopic (exact) mass is 353 g/mol. The second-order valence-electron chi connectivity index (χ2n) is 3.51. The van der Waals surface area contributed by atoms with Gasteiger partial charge in [-0.3, -0.25) is 0 Å². The van der Waals surface area contributed by atoms with Crippen LogP contribution < -0.4 is 9.12 Å². The molecule has 0 aliphatic rings. The SMILES string of the molecule is CN(C)S(=O)(=O)Oc1cc2sc(=O)oc2cc1Br. The van der Waals surface area contributed by atoms with E-state index >= 15 is 0 Å². The molecule has 98 valence electrons. The predicted octanol–water partition coefficient (Wildman–Crippen LogP) is 1.80. The Bertz CT molecular complexity index is 746. The standard InChI is InChI=1S/C9H8BrNO5S2/c1-11(2)18(13,14)16-6-4-8-7(3-5(6)10)15-9(12)17-8/h3-4H,1-2H3. The van der Waals surface area contributed by atoms with Gasteiger partial charge in [0.2, 0.25) is 0 Å². The van der Waals surface area contributed by atoms with Gasteiger partial charge in [-0.15, -0.1) is 0 Å². The number of hydrogen-bond donors (Lipinski definition) is 0. The molecule has 0 saturated carbocycles. The van der Waals surface area contributed by atoms with Crippen molar-refractivity contribution in [2.24, 2.45) is 0 Å². The van der Waals surface area contributed by atoms with Gasteiger partial charge in [-0.25, -0.2) is 4.79 Å². The van der Waals surface area contributed by atoms with E-state index in [2.05, 4.69) is 15.9 Å². The maximum Gasteiger partial charge on any atom is 0.396 e. The summed E-state index contributed by atoms with van der Waals surface area (Å²) >= 11 is 4.04. The summed E-state index contributed by atoms with van der Waals surface area (Å²) in [5.74, 6) is 0.105. The van der Waals surface area contributed by atoms with Crippen molar-refractivity contribution in [2.45, 2.75) is 0 Å². The molecule has 18 heavy (non-hydrogen) atoms. The lowest BCUT2D eigenvalue weighted by molar-refractivity contribution is 0.420. The summed E-state index contributed by atoms with van der Waals surface area (Å²) in [6, 6.07) is 2.93. The Morgan fingerprint density at radius 1 is 1.39 bits per heavy atom. The molecule has 0 fully saturated rings. The van der Waals surface area contributed by atoms with Crippen LogP contribution in [0.1, 0.15) is 0 Å². The minimum absolute atomic E-state index is 0.105. The first kappa shape index (κ1) is 13.5.